The molecular formula is C17H16ClNO4S. The van der Waals surface area contributed by atoms with E-state index in [1.807, 2.05) is 6.92 Å². The standard InChI is InChI=1S/C17H16ClNO4S/c1-10-2-8-13(9-3-10)24(22,23)15-14(17(15,19)16(20)21)11-4-6-12(18)7-5-11/h2-9,14-15H,19H2,1H3,(H,20,21)/t14-,15+,17+/m0/s1. The molecule has 1 aliphatic rings. The van der Waals surface area contributed by atoms with Crippen LogP contribution in [0.3, 0.4) is 0 Å². The molecule has 0 radical (unpaired) electrons. The van der Waals surface area contributed by atoms with Crippen molar-refractivity contribution in [3.63, 3.8) is 0 Å². The van der Waals surface area contributed by atoms with E-state index < -0.39 is 32.5 Å². The fourth-order valence-electron chi connectivity index (χ4n) is 3.06. The number of sulfone groups is 1. The van der Waals surface area contributed by atoms with Crippen molar-refractivity contribution in [1.82, 2.24) is 0 Å². The van der Waals surface area contributed by atoms with Crippen LogP contribution >= 0.6 is 11.6 Å². The zero-order chi connectivity index (χ0) is 17.7. The average Bonchev–Trinajstić information content (AvgIpc) is 3.17. The van der Waals surface area contributed by atoms with Crippen LogP contribution in [0, 0.1) is 6.92 Å². The molecule has 126 valence electrons. The first kappa shape index (κ1) is 17.0. The average molecular weight is 366 g/mol. The number of benzene rings is 2. The number of carboxylic acid groups (broad SMARTS) is 1. The van der Waals surface area contributed by atoms with E-state index in [1.54, 1.807) is 36.4 Å². The Kier molecular flexibility index (Phi) is 3.94. The second kappa shape index (κ2) is 5.58. The number of hydrogen-bond acceptors (Lipinski definition) is 4. The van der Waals surface area contributed by atoms with Crippen LogP contribution < -0.4 is 5.73 Å². The molecule has 2 aromatic carbocycles. The summed E-state index contributed by atoms with van der Waals surface area (Å²) in [6.07, 6.45) is 0. The van der Waals surface area contributed by atoms with Crippen LogP contribution in [0.5, 0.6) is 0 Å². The lowest BCUT2D eigenvalue weighted by Gasteiger charge is -2.07. The van der Waals surface area contributed by atoms with Gasteiger partial charge in [-0.3, -0.25) is 4.79 Å². The molecule has 0 aliphatic heterocycles. The first-order valence-corrected chi connectivity index (χ1v) is 9.19. The third-order valence-corrected chi connectivity index (χ3v) is 6.97. The van der Waals surface area contributed by atoms with E-state index in [9.17, 15) is 18.3 Å². The van der Waals surface area contributed by atoms with Gasteiger partial charge in [0.05, 0.1) is 4.90 Å². The molecule has 1 saturated carbocycles. The van der Waals surface area contributed by atoms with Gasteiger partial charge in [0.25, 0.3) is 0 Å². The summed E-state index contributed by atoms with van der Waals surface area (Å²) in [5.41, 5.74) is 5.60. The summed E-state index contributed by atoms with van der Waals surface area (Å²) in [6.45, 7) is 1.84. The fourth-order valence-corrected chi connectivity index (χ4v) is 5.42. The minimum absolute atomic E-state index is 0.0747. The molecule has 24 heavy (non-hydrogen) atoms. The largest absolute Gasteiger partial charge is 0.480 e. The number of aliphatic carboxylic acids is 1. The van der Waals surface area contributed by atoms with Crippen LogP contribution in [0.15, 0.2) is 53.4 Å². The normalized spacial score (nSPS) is 26.1. The SMILES string of the molecule is Cc1ccc(S(=O)(=O)[C@@H]2[C@H](c3ccc(Cl)cc3)[C@]2(N)C(=O)O)cc1. The zero-order valence-corrected chi connectivity index (χ0v) is 14.4. The molecule has 0 aromatic heterocycles. The number of nitrogens with two attached hydrogens (primary N) is 1. The van der Waals surface area contributed by atoms with Gasteiger partial charge in [0.1, 0.15) is 10.8 Å². The summed E-state index contributed by atoms with van der Waals surface area (Å²) >= 11 is 5.84. The Hall–Kier alpha value is -1.89. The highest BCUT2D eigenvalue weighted by atomic mass is 35.5. The smallest absolute Gasteiger partial charge is 0.325 e. The van der Waals surface area contributed by atoms with Gasteiger partial charge in [-0.1, -0.05) is 41.4 Å². The van der Waals surface area contributed by atoms with Crippen LogP contribution in [0.2, 0.25) is 5.02 Å². The highest BCUT2D eigenvalue weighted by Crippen LogP contribution is 2.55. The van der Waals surface area contributed by atoms with Crippen molar-refractivity contribution in [1.29, 1.82) is 0 Å². The molecule has 0 bridgehead atoms. The lowest BCUT2D eigenvalue weighted by Crippen LogP contribution is -2.39. The molecule has 1 fully saturated rings. The maximum absolute atomic E-state index is 12.9. The maximum Gasteiger partial charge on any atom is 0.325 e. The Morgan fingerprint density at radius 2 is 1.67 bits per heavy atom. The molecule has 1 aliphatic carbocycles. The molecule has 0 spiro atoms. The van der Waals surface area contributed by atoms with Gasteiger partial charge in [-0.15, -0.1) is 0 Å². The Morgan fingerprint density at radius 3 is 2.17 bits per heavy atom. The highest BCUT2D eigenvalue weighted by Gasteiger charge is 2.74. The number of halogens is 1. The molecule has 5 nitrogen and oxygen atoms in total. The Bertz CT molecular complexity index is 893. The van der Waals surface area contributed by atoms with E-state index in [0.29, 0.717) is 10.6 Å². The zero-order valence-electron chi connectivity index (χ0n) is 12.8. The highest BCUT2D eigenvalue weighted by molar-refractivity contribution is 7.92. The molecule has 2 aromatic rings. The van der Waals surface area contributed by atoms with E-state index in [4.69, 9.17) is 17.3 Å². The van der Waals surface area contributed by atoms with Crippen LogP contribution in [0.4, 0.5) is 0 Å². The second-order valence-electron chi connectivity index (χ2n) is 6.05. The van der Waals surface area contributed by atoms with Crippen LogP contribution in [-0.2, 0) is 14.6 Å². The van der Waals surface area contributed by atoms with E-state index in [-0.39, 0.29) is 4.90 Å². The lowest BCUT2D eigenvalue weighted by atomic mass is 10.1. The summed E-state index contributed by atoms with van der Waals surface area (Å²) in [4.78, 5) is 11.7. The summed E-state index contributed by atoms with van der Waals surface area (Å²) in [7, 11) is -3.88. The maximum atomic E-state index is 12.9. The summed E-state index contributed by atoms with van der Waals surface area (Å²) in [5.74, 6) is -2.15. The third-order valence-electron chi connectivity index (χ3n) is 4.46. The van der Waals surface area contributed by atoms with Crippen molar-refractivity contribution in [2.45, 2.75) is 28.5 Å². The molecular weight excluding hydrogens is 350 g/mol. The molecule has 3 rings (SSSR count). The first-order valence-electron chi connectivity index (χ1n) is 7.27. The van der Waals surface area contributed by atoms with Gasteiger partial charge in [-0.05, 0) is 36.8 Å². The van der Waals surface area contributed by atoms with Crippen molar-refractivity contribution in [3.05, 3.63) is 64.7 Å². The molecule has 7 heteroatoms. The van der Waals surface area contributed by atoms with E-state index in [0.717, 1.165) is 5.56 Å². The molecule has 0 heterocycles. The summed E-state index contributed by atoms with van der Waals surface area (Å²) < 4.78 is 25.8. The second-order valence-corrected chi connectivity index (χ2v) is 8.55. The Balaban J connectivity index is 2.06. The minimum atomic E-state index is -3.88. The van der Waals surface area contributed by atoms with Crippen LogP contribution in [-0.4, -0.2) is 30.3 Å². The van der Waals surface area contributed by atoms with Gasteiger partial charge in [-0.25, -0.2) is 8.42 Å². The van der Waals surface area contributed by atoms with Gasteiger partial charge in [0.15, 0.2) is 9.84 Å². The molecule has 3 atom stereocenters. The predicted octanol–water partition coefficient (Wildman–Crippen LogP) is 2.37. The Morgan fingerprint density at radius 1 is 1.12 bits per heavy atom. The number of carboxylic acids is 1. The molecule has 0 amide bonds. The molecule has 0 unspecified atom stereocenters. The van der Waals surface area contributed by atoms with E-state index in [1.165, 1.54) is 12.1 Å². The number of rotatable bonds is 4. The van der Waals surface area contributed by atoms with Crippen LogP contribution in [0.25, 0.3) is 0 Å². The van der Waals surface area contributed by atoms with Gasteiger partial charge in [0.2, 0.25) is 0 Å². The van der Waals surface area contributed by atoms with Crippen molar-refractivity contribution < 1.29 is 18.3 Å². The quantitative estimate of drug-likeness (QED) is 0.866. The summed E-state index contributed by atoms with van der Waals surface area (Å²) in [6, 6.07) is 12.7. The molecule has 0 saturated heterocycles. The van der Waals surface area contributed by atoms with E-state index in [2.05, 4.69) is 0 Å². The van der Waals surface area contributed by atoms with E-state index >= 15 is 0 Å². The monoisotopic (exact) mass is 365 g/mol. The van der Waals surface area contributed by atoms with Gasteiger partial charge < -0.3 is 10.8 Å². The third kappa shape index (κ3) is 2.51. The number of hydrogen-bond donors (Lipinski definition) is 2. The Labute approximate surface area is 145 Å². The lowest BCUT2D eigenvalue weighted by molar-refractivity contribution is -0.139. The van der Waals surface area contributed by atoms with Crippen LogP contribution in [0.1, 0.15) is 17.0 Å². The first-order chi connectivity index (χ1) is 11.2. The van der Waals surface area contributed by atoms with Gasteiger partial charge >= 0.3 is 5.97 Å². The number of aryl methyl sites for hydroxylation is 1. The summed E-state index contributed by atoms with van der Waals surface area (Å²) in [5, 5.41) is 8.77. The van der Waals surface area contributed by atoms with Gasteiger partial charge in [0, 0.05) is 10.9 Å². The van der Waals surface area contributed by atoms with Crippen molar-refractivity contribution in [2.24, 2.45) is 5.73 Å². The van der Waals surface area contributed by atoms with Crippen molar-refractivity contribution in [2.75, 3.05) is 0 Å². The van der Waals surface area contributed by atoms with Crippen molar-refractivity contribution in [3.8, 4) is 0 Å². The minimum Gasteiger partial charge on any atom is -0.480 e. The topological polar surface area (TPSA) is 97.5 Å². The predicted molar refractivity (Wildman–Crippen MR) is 90.9 cm³/mol. The van der Waals surface area contributed by atoms with Crippen molar-refractivity contribution >= 4 is 27.4 Å². The fraction of sp³-hybridized carbons (Fsp3) is 0.235. The number of carbonyl (C=O) groups is 1. The van der Waals surface area contributed by atoms with Gasteiger partial charge in [-0.2, -0.15) is 0 Å². The molecule has 3 N–H and O–H groups in total.